The monoisotopic (exact) mass is 196 g/mol. The van der Waals surface area contributed by atoms with E-state index in [1.54, 1.807) is 6.33 Å². The average Bonchev–Trinajstić information content (AvgIpc) is 2.63. The highest BCUT2D eigenvalue weighted by Crippen LogP contribution is 1.95. The first-order valence-electron chi connectivity index (χ1n) is 5.04. The van der Waals surface area contributed by atoms with Crippen LogP contribution in [-0.2, 0) is 6.54 Å². The summed E-state index contributed by atoms with van der Waals surface area (Å²) in [7, 11) is 4.20. The molecule has 1 atom stereocenters. The number of aromatic nitrogens is 2. The quantitative estimate of drug-likeness (QED) is 0.708. The third-order valence-electron chi connectivity index (χ3n) is 2.21. The van der Waals surface area contributed by atoms with Gasteiger partial charge in [0.15, 0.2) is 0 Å². The van der Waals surface area contributed by atoms with E-state index >= 15 is 0 Å². The van der Waals surface area contributed by atoms with Gasteiger partial charge in [-0.1, -0.05) is 0 Å². The molecule has 0 aliphatic rings. The molecule has 0 radical (unpaired) electrons. The SMILES string of the molecule is CC(CCN(C)C)NCc1cnc[nH]1. The third kappa shape index (κ3) is 4.39. The second-order valence-corrected chi connectivity index (χ2v) is 3.95. The molecule has 0 bridgehead atoms. The zero-order chi connectivity index (χ0) is 10.4. The number of imidazole rings is 1. The molecule has 1 unspecified atom stereocenters. The Morgan fingerprint density at radius 2 is 2.36 bits per heavy atom. The van der Waals surface area contributed by atoms with Gasteiger partial charge in [-0.25, -0.2) is 4.98 Å². The van der Waals surface area contributed by atoms with Crippen molar-refractivity contribution in [2.75, 3.05) is 20.6 Å². The Morgan fingerprint density at radius 3 is 2.93 bits per heavy atom. The molecule has 1 aromatic heterocycles. The van der Waals surface area contributed by atoms with Crippen molar-refractivity contribution < 1.29 is 0 Å². The minimum absolute atomic E-state index is 0.542. The van der Waals surface area contributed by atoms with Gasteiger partial charge >= 0.3 is 0 Å². The topological polar surface area (TPSA) is 44.0 Å². The zero-order valence-corrected chi connectivity index (χ0v) is 9.25. The predicted molar refractivity (Wildman–Crippen MR) is 58.1 cm³/mol. The highest BCUT2D eigenvalue weighted by atomic mass is 15.1. The van der Waals surface area contributed by atoms with Crippen LogP contribution < -0.4 is 5.32 Å². The lowest BCUT2D eigenvalue weighted by Gasteiger charge is -2.16. The van der Waals surface area contributed by atoms with E-state index < -0.39 is 0 Å². The minimum Gasteiger partial charge on any atom is -0.347 e. The van der Waals surface area contributed by atoms with E-state index in [1.165, 1.54) is 6.42 Å². The summed E-state index contributed by atoms with van der Waals surface area (Å²) in [6.45, 7) is 4.20. The van der Waals surface area contributed by atoms with Crippen molar-refractivity contribution in [1.82, 2.24) is 20.2 Å². The number of H-pyrrole nitrogens is 1. The number of aromatic amines is 1. The van der Waals surface area contributed by atoms with E-state index in [0.29, 0.717) is 6.04 Å². The van der Waals surface area contributed by atoms with Crippen molar-refractivity contribution in [1.29, 1.82) is 0 Å². The number of rotatable bonds is 6. The molecule has 80 valence electrons. The van der Waals surface area contributed by atoms with Crippen molar-refractivity contribution in [2.45, 2.75) is 25.9 Å². The normalized spacial score (nSPS) is 13.4. The zero-order valence-electron chi connectivity index (χ0n) is 9.25. The van der Waals surface area contributed by atoms with Gasteiger partial charge in [-0.15, -0.1) is 0 Å². The van der Waals surface area contributed by atoms with E-state index in [2.05, 4.69) is 41.2 Å². The van der Waals surface area contributed by atoms with Gasteiger partial charge in [0.05, 0.1) is 6.33 Å². The lowest BCUT2D eigenvalue weighted by atomic mass is 10.2. The van der Waals surface area contributed by atoms with Crippen molar-refractivity contribution >= 4 is 0 Å². The fraction of sp³-hybridized carbons (Fsp3) is 0.700. The molecule has 1 aromatic rings. The first kappa shape index (κ1) is 11.2. The molecule has 4 heteroatoms. The molecule has 1 rings (SSSR count). The van der Waals surface area contributed by atoms with Crippen LogP contribution in [0.5, 0.6) is 0 Å². The Morgan fingerprint density at radius 1 is 1.57 bits per heavy atom. The van der Waals surface area contributed by atoms with Crippen molar-refractivity contribution in [3.63, 3.8) is 0 Å². The van der Waals surface area contributed by atoms with Gasteiger partial charge in [0.1, 0.15) is 0 Å². The smallest absolute Gasteiger partial charge is 0.0922 e. The molecule has 0 saturated carbocycles. The van der Waals surface area contributed by atoms with Crippen LogP contribution in [-0.4, -0.2) is 41.5 Å². The lowest BCUT2D eigenvalue weighted by Crippen LogP contribution is -2.29. The molecule has 1 heterocycles. The molecule has 2 N–H and O–H groups in total. The van der Waals surface area contributed by atoms with Crippen LogP contribution in [0.2, 0.25) is 0 Å². The first-order chi connectivity index (χ1) is 6.68. The van der Waals surface area contributed by atoms with Crippen LogP contribution in [0.1, 0.15) is 19.0 Å². The van der Waals surface area contributed by atoms with Gasteiger partial charge < -0.3 is 15.2 Å². The van der Waals surface area contributed by atoms with Gasteiger partial charge in [0.2, 0.25) is 0 Å². The van der Waals surface area contributed by atoms with E-state index in [4.69, 9.17) is 0 Å². The van der Waals surface area contributed by atoms with Crippen molar-refractivity contribution in [2.24, 2.45) is 0 Å². The van der Waals surface area contributed by atoms with Gasteiger partial charge in [0, 0.05) is 24.5 Å². The highest BCUT2D eigenvalue weighted by Gasteiger charge is 2.02. The summed E-state index contributed by atoms with van der Waals surface area (Å²) in [5.41, 5.74) is 1.14. The molecule has 0 fully saturated rings. The Labute approximate surface area is 85.7 Å². The predicted octanol–water partition coefficient (Wildman–Crippen LogP) is 0.839. The molecule has 0 saturated heterocycles. The number of hydrogen-bond acceptors (Lipinski definition) is 3. The van der Waals surface area contributed by atoms with Crippen LogP contribution in [0.15, 0.2) is 12.5 Å². The van der Waals surface area contributed by atoms with E-state index in [-0.39, 0.29) is 0 Å². The van der Waals surface area contributed by atoms with Crippen molar-refractivity contribution in [3.05, 3.63) is 18.2 Å². The molecular formula is C10H20N4. The average molecular weight is 196 g/mol. The largest absolute Gasteiger partial charge is 0.347 e. The maximum Gasteiger partial charge on any atom is 0.0922 e. The molecule has 0 aliphatic heterocycles. The lowest BCUT2D eigenvalue weighted by molar-refractivity contribution is 0.365. The van der Waals surface area contributed by atoms with Crippen LogP contribution in [0.4, 0.5) is 0 Å². The van der Waals surface area contributed by atoms with E-state index in [0.717, 1.165) is 18.8 Å². The third-order valence-corrected chi connectivity index (χ3v) is 2.21. The van der Waals surface area contributed by atoms with Crippen LogP contribution >= 0.6 is 0 Å². The Hall–Kier alpha value is -0.870. The van der Waals surface area contributed by atoms with Crippen LogP contribution in [0, 0.1) is 0 Å². The summed E-state index contributed by atoms with van der Waals surface area (Å²) >= 11 is 0. The van der Waals surface area contributed by atoms with E-state index in [1.807, 2.05) is 6.20 Å². The molecule has 0 spiro atoms. The fourth-order valence-corrected chi connectivity index (χ4v) is 1.22. The summed E-state index contributed by atoms with van der Waals surface area (Å²) in [6, 6.07) is 0.542. The Bertz CT molecular complexity index is 230. The highest BCUT2D eigenvalue weighted by molar-refractivity contribution is 4.93. The van der Waals surface area contributed by atoms with Gasteiger partial charge in [-0.2, -0.15) is 0 Å². The van der Waals surface area contributed by atoms with Gasteiger partial charge in [-0.3, -0.25) is 0 Å². The maximum atomic E-state index is 3.97. The summed E-state index contributed by atoms with van der Waals surface area (Å²) in [4.78, 5) is 9.25. The molecule has 14 heavy (non-hydrogen) atoms. The Kier molecular flexibility index (Phi) is 4.62. The summed E-state index contributed by atoms with van der Waals surface area (Å²) in [5.74, 6) is 0. The van der Waals surface area contributed by atoms with E-state index in [9.17, 15) is 0 Å². The second-order valence-electron chi connectivity index (χ2n) is 3.95. The molecule has 0 aromatic carbocycles. The Balaban J connectivity index is 2.12. The van der Waals surface area contributed by atoms with Crippen LogP contribution in [0.3, 0.4) is 0 Å². The summed E-state index contributed by atoms with van der Waals surface area (Å²) in [6.07, 6.45) is 4.73. The molecule has 4 nitrogen and oxygen atoms in total. The maximum absolute atomic E-state index is 3.97. The van der Waals surface area contributed by atoms with Crippen molar-refractivity contribution in [3.8, 4) is 0 Å². The standard InChI is InChI=1S/C10H20N4/c1-9(4-5-14(2)3)12-7-10-6-11-8-13-10/h6,8-9,12H,4-5,7H2,1-3H3,(H,11,13). The fourth-order valence-electron chi connectivity index (χ4n) is 1.22. The summed E-state index contributed by atoms with van der Waals surface area (Å²) in [5, 5.41) is 3.44. The molecular weight excluding hydrogens is 176 g/mol. The first-order valence-corrected chi connectivity index (χ1v) is 5.04. The number of nitrogens with zero attached hydrogens (tertiary/aromatic N) is 2. The molecule has 0 aliphatic carbocycles. The molecule has 0 amide bonds. The second kappa shape index (κ2) is 5.78. The summed E-state index contributed by atoms with van der Waals surface area (Å²) < 4.78 is 0. The van der Waals surface area contributed by atoms with Gasteiger partial charge in [-0.05, 0) is 34.0 Å². The van der Waals surface area contributed by atoms with Gasteiger partial charge in [0.25, 0.3) is 0 Å². The number of hydrogen-bond donors (Lipinski definition) is 2. The minimum atomic E-state index is 0.542. The van der Waals surface area contributed by atoms with Crippen LogP contribution in [0.25, 0.3) is 0 Å². The number of nitrogens with one attached hydrogen (secondary N) is 2.